The monoisotopic (exact) mass is 316 g/mol. The van der Waals surface area contributed by atoms with Crippen molar-refractivity contribution in [2.75, 3.05) is 13.7 Å². The lowest BCUT2D eigenvalue weighted by atomic mass is 10.1. The van der Waals surface area contributed by atoms with E-state index in [1.165, 1.54) is 0 Å². The van der Waals surface area contributed by atoms with Gasteiger partial charge in [0.25, 0.3) is 0 Å². The zero-order valence-electron chi connectivity index (χ0n) is 13.1. The molecule has 6 heteroatoms. The Kier molecular flexibility index (Phi) is 4.92. The molecule has 3 rings (SSSR count). The Morgan fingerprint density at radius 1 is 1.39 bits per heavy atom. The third kappa shape index (κ3) is 3.71. The maximum atomic E-state index is 12.0. The third-order valence-corrected chi connectivity index (χ3v) is 3.85. The van der Waals surface area contributed by atoms with E-state index in [4.69, 9.17) is 14.0 Å². The number of benzene rings is 1. The highest BCUT2D eigenvalue weighted by Gasteiger charge is 2.22. The molecule has 1 fully saturated rings. The van der Waals surface area contributed by atoms with Crippen LogP contribution in [0.25, 0.3) is 11.3 Å². The van der Waals surface area contributed by atoms with Gasteiger partial charge in [-0.15, -0.1) is 0 Å². The summed E-state index contributed by atoms with van der Waals surface area (Å²) in [5, 5.41) is 6.88. The van der Waals surface area contributed by atoms with Crippen molar-refractivity contribution in [3.8, 4) is 17.0 Å². The van der Waals surface area contributed by atoms with Crippen molar-refractivity contribution in [1.29, 1.82) is 0 Å². The maximum Gasteiger partial charge on any atom is 0.249 e. The molecule has 0 aliphatic carbocycles. The van der Waals surface area contributed by atoms with Crippen LogP contribution in [0.1, 0.15) is 25.0 Å². The van der Waals surface area contributed by atoms with Crippen molar-refractivity contribution >= 4 is 5.91 Å². The van der Waals surface area contributed by atoms with Gasteiger partial charge in [-0.05, 0) is 31.4 Å². The van der Waals surface area contributed by atoms with Gasteiger partial charge in [-0.1, -0.05) is 17.3 Å². The van der Waals surface area contributed by atoms with Crippen molar-refractivity contribution in [2.24, 2.45) is 0 Å². The van der Waals surface area contributed by atoms with E-state index in [0.29, 0.717) is 24.6 Å². The summed E-state index contributed by atoms with van der Waals surface area (Å²) in [5.41, 5.74) is 1.53. The van der Waals surface area contributed by atoms with E-state index in [-0.39, 0.29) is 12.0 Å². The third-order valence-electron chi connectivity index (χ3n) is 3.85. The molecule has 0 bridgehead atoms. The van der Waals surface area contributed by atoms with Crippen LogP contribution in [0, 0.1) is 0 Å². The molecule has 1 saturated heterocycles. The Morgan fingerprint density at radius 3 is 3.04 bits per heavy atom. The molecule has 1 aromatic heterocycles. The van der Waals surface area contributed by atoms with Crippen LogP contribution in [-0.4, -0.2) is 30.9 Å². The second-order valence-corrected chi connectivity index (χ2v) is 5.45. The van der Waals surface area contributed by atoms with E-state index in [2.05, 4.69) is 10.5 Å². The van der Waals surface area contributed by atoms with Crippen molar-refractivity contribution in [1.82, 2.24) is 10.5 Å². The Bertz CT molecular complexity index is 662. The van der Waals surface area contributed by atoms with Crippen LogP contribution in [0.4, 0.5) is 0 Å². The topological polar surface area (TPSA) is 73.6 Å². The van der Waals surface area contributed by atoms with E-state index in [1.807, 2.05) is 24.3 Å². The second kappa shape index (κ2) is 7.28. The fourth-order valence-electron chi connectivity index (χ4n) is 2.62. The number of ether oxygens (including phenoxy) is 2. The van der Waals surface area contributed by atoms with Gasteiger partial charge in [-0.25, -0.2) is 0 Å². The van der Waals surface area contributed by atoms with Crippen LogP contribution >= 0.6 is 0 Å². The van der Waals surface area contributed by atoms with Crippen LogP contribution < -0.4 is 10.1 Å². The Balaban J connectivity index is 1.62. The molecule has 0 spiro atoms. The number of methoxy groups -OCH3 is 1. The van der Waals surface area contributed by atoms with Gasteiger partial charge in [0.15, 0.2) is 5.76 Å². The number of nitrogens with one attached hydrogen (secondary N) is 1. The largest absolute Gasteiger partial charge is 0.496 e. The predicted octanol–water partition coefficient (Wildman–Crippen LogP) is 2.54. The Hall–Kier alpha value is -2.34. The van der Waals surface area contributed by atoms with Crippen molar-refractivity contribution in [2.45, 2.75) is 31.9 Å². The van der Waals surface area contributed by atoms with Gasteiger partial charge in [0.05, 0.1) is 13.7 Å². The molecule has 2 heterocycles. The van der Waals surface area contributed by atoms with Gasteiger partial charge in [-0.3, -0.25) is 4.79 Å². The van der Waals surface area contributed by atoms with E-state index >= 15 is 0 Å². The highest BCUT2D eigenvalue weighted by atomic mass is 16.5. The lowest BCUT2D eigenvalue weighted by Crippen LogP contribution is -2.37. The molecule has 1 N–H and O–H groups in total. The van der Waals surface area contributed by atoms with E-state index in [1.54, 1.807) is 13.2 Å². The average Bonchev–Trinajstić information content (AvgIpc) is 3.09. The number of amides is 1. The van der Waals surface area contributed by atoms with Crippen LogP contribution in [-0.2, 0) is 16.1 Å². The molecule has 1 amide bonds. The standard InChI is InChI=1S/C17H20N2O4/c1-21-15-7-3-2-6-13(15)14-10-12(23-19-14)11-18-17(20)16-8-4-5-9-22-16/h2-3,6-7,10,16H,4-5,8-9,11H2,1H3,(H,18,20)/t16-/m0/s1. The summed E-state index contributed by atoms with van der Waals surface area (Å²) in [7, 11) is 1.62. The normalized spacial score (nSPS) is 17.7. The first-order valence-electron chi connectivity index (χ1n) is 7.76. The molecular weight excluding hydrogens is 296 g/mol. The fraction of sp³-hybridized carbons (Fsp3) is 0.412. The molecule has 0 radical (unpaired) electrons. The summed E-state index contributed by atoms with van der Waals surface area (Å²) in [5.74, 6) is 1.22. The minimum Gasteiger partial charge on any atom is -0.496 e. The fourth-order valence-corrected chi connectivity index (χ4v) is 2.62. The van der Waals surface area contributed by atoms with Crippen molar-refractivity contribution < 1.29 is 18.8 Å². The number of aromatic nitrogens is 1. The molecule has 1 atom stereocenters. The highest BCUT2D eigenvalue weighted by molar-refractivity contribution is 5.80. The SMILES string of the molecule is COc1ccccc1-c1cc(CNC(=O)[C@@H]2CCCCO2)on1. The first-order valence-corrected chi connectivity index (χ1v) is 7.76. The summed E-state index contributed by atoms with van der Waals surface area (Å²) >= 11 is 0. The van der Waals surface area contributed by atoms with Gasteiger partial charge in [0, 0.05) is 18.2 Å². The first-order chi connectivity index (χ1) is 11.3. The molecule has 1 aliphatic heterocycles. The van der Waals surface area contributed by atoms with Crippen LogP contribution in [0.2, 0.25) is 0 Å². The summed E-state index contributed by atoms with van der Waals surface area (Å²) in [6, 6.07) is 9.39. The molecule has 6 nitrogen and oxygen atoms in total. The van der Waals surface area contributed by atoms with Crippen molar-refractivity contribution in [3.63, 3.8) is 0 Å². The number of nitrogens with zero attached hydrogens (tertiary/aromatic N) is 1. The molecule has 0 unspecified atom stereocenters. The summed E-state index contributed by atoms with van der Waals surface area (Å²) in [4.78, 5) is 12.0. The number of carbonyl (C=O) groups is 1. The number of rotatable bonds is 5. The highest BCUT2D eigenvalue weighted by Crippen LogP contribution is 2.28. The lowest BCUT2D eigenvalue weighted by molar-refractivity contribution is -0.135. The van der Waals surface area contributed by atoms with E-state index < -0.39 is 0 Å². The Morgan fingerprint density at radius 2 is 2.26 bits per heavy atom. The quantitative estimate of drug-likeness (QED) is 0.917. The molecule has 23 heavy (non-hydrogen) atoms. The zero-order chi connectivity index (χ0) is 16.1. The maximum absolute atomic E-state index is 12.0. The Labute approximate surface area is 134 Å². The van der Waals surface area contributed by atoms with Crippen LogP contribution in [0.15, 0.2) is 34.9 Å². The summed E-state index contributed by atoms with van der Waals surface area (Å²) in [6.45, 7) is 0.944. The number of hydrogen-bond acceptors (Lipinski definition) is 5. The van der Waals surface area contributed by atoms with Gasteiger partial charge >= 0.3 is 0 Å². The van der Waals surface area contributed by atoms with Crippen LogP contribution in [0.3, 0.4) is 0 Å². The van der Waals surface area contributed by atoms with Gasteiger partial charge in [0.2, 0.25) is 5.91 Å². The minimum absolute atomic E-state index is 0.0973. The number of hydrogen-bond donors (Lipinski definition) is 1. The van der Waals surface area contributed by atoms with Gasteiger partial charge < -0.3 is 19.3 Å². The minimum atomic E-state index is -0.347. The number of carbonyl (C=O) groups excluding carboxylic acids is 1. The number of para-hydroxylation sites is 1. The van der Waals surface area contributed by atoms with Gasteiger partial charge in [-0.2, -0.15) is 0 Å². The van der Waals surface area contributed by atoms with Crippen LogP contribution in [0.5, 0.6) is 5.75 Å². The zero-order valence-corrected chi connectivity index (χ0v) is 13.1. The predicted molar refractivity (Wildman–Crippen MR) is 83.9 cm³/mol. The molecule has 1 aliphatic rings. The first kappa shape index (κ1) is 15.6. The van der Waals surface area contributed by atoms with Crippen molar-refractivity contribution in [3.05, 3.63) is 36.1 Å². The molecular formula is C17H20N2O4. The summed E-state index contributed by atoms with van der Waals surface area (Å²) < 4.78 is 16.1. The average molecular weight is 316 g/mol. The van der Waals surface area contributed by atoms with E-state index in [9.17, 15) is 4.79 Å². The smallest absolute Gasteiger partial charge is 0.249 e. The molecule has 2 aromatic rings. The molecule has 122 valence electrons. The second-order valence-electron chi connectivity index (χ2n) is 5.45. The molecule has 1 aromatic carbocycles. The van der Waals surface area contributed by atoms with E-state index in [0.717, 1.165) is 30.6 Å². The molecule has 0 saturated carbocycles. The lowest BCUT2D eigenvalue weighted by Gasteiger charge is -2.21. The summed E-state index contributed by atoms with van der Waals surface area (Å²) in [6.07, 6.45) is 2.47. The van der Waals surface area contributed by atoms with Gasteiger partial charge in [0.1, 0.15) is 17.5 Å².